The molecule has 32 heavy (non-hydrogen) atoms. The molecule has 0 radical (unpaired) electrons. The quantitative estimate of drug-likeness (QED) is 0.643. The SMILES string of the molecule is CCN(c1nc(C)ccc1S(=O)(=O)C1CCCC1C(=O)NC1CCC(F)(F)CC1)C(C)C. The number of hydrogen-bond acceptors (Lipinski definition) is 5. The highest BCUT2D eigenvalue weighted by Gasteiger charge is 2.44. The van der Waals surface area contributed by atoms with E-state index in [0.717, 1.165) is 5.69 Å². The van der Waals surface area contributed by atoms with Crippen LogP contribution in [0, 0.1) is 12.8 Å². The van der Waals surface area contributed by atoms with Crippen LogP contribution in [0.1, 0.15) is 71.4 Å². The standard InChI is InChI=1S/C23H35F2N3O3S/c1-5-28(15(2)3)21-20(10-9-16(4)26-21)32(30,31)19-8-6-7-18(19)22(29)27-17-11-13-23(24,25)14-12-17/h9-10,15,17-19H,5-8,11-14H2,1-4H3,(H,27,29). The van der Waals surface area contributed by atoms with E-state index in [9.17, 15) is 22.0 Å². The van der Waals surface area contributed by atoms with Gasteiger partial charge in [-0.1, -0.05) is 6.42 Å². The third-order valence-corrected chi connectivity index (χ3v) is 9.07. The molecule has 2 saturated carbocycles. The van der Waals surface area contributed by atoms with Crippen molar-refractivity contribution in [2.75, 3.05) is 11.4 Å². The van der Waals surface area contributed by atoms with Crippen molar-refractivity contribution in [3.8, 4) is 0 Å². The molecule has 0 spiro atoms. The Hall–Kier alpha value is -1.77. The maximum absolute atomic E-state index is 13.8. The molecule has 2 aliphatic rings. The second-order valence-corrected chi connectivity index (χ2v) is 11.5. The Labute approximate surface area is 190 Å². The van der Waals surface area contributed by atoms with E-state index in [-0.39, 0.29) is 48.6 Å². The molecular weight excluding hydrogens is 436 g/mol. The third kappa shape index (κ3) is 5.24. The molecule has 2 fully saturated rings. The van der Waals surface area contributed by atoms with E-state index in [4.69, 9.17) is 0 Å². The Morgan fingerprint density at radius 2 is 1.88 bits per heavy atom. The zero-order valence-electron chi connectivity index (χ0n) is 19.4. The number of hydrogen-bond donors (Lipinski definition) is 1. The van der Waals surface area contributed by atoms with Crippen LogP contribution in [0.3, 0.4) is 0 Å². The van der Waals surface area contributed by atoms with Crippen LogP contribution in [-0.4, -0.2) is 49.1 Å². The normalized spacial score (nSPS) is 24.0. The van der Waals surface area contributed by atoms with Gasteiger partial charge >= 0.3 is 0 Å². The van der Waals surface area contributed by atoms with Gasteiger partial charge in [-0.15, -0.1) is 0 Å². The van der Waals surface area contributed by atoms with Gasteiger partial charge in [0.05, 0.1) is 11.2 Å². The number of carbonyl (C=O) groups is 1. The summed E-state index contributed by atoms with van der Waals surface area (Å²) in [7, 11) is -3.81. The first-order valence-corrected chi connectivity index (χ1v) is 13.2. The summed E-state index contributed by atoms with van der Waals surface area (Å²) in [6.07, 6.45) is 1.47. The molecule has 0 aromatic carbocycles. The van der Waals surface area contributed by atoms with E-state index in [1.54, 1.807) is 12.1 Å². The number of halogens is 2. The van der Waals surface area contributed by atoms with E-state index in [2.05, 4.69) is 10.3 Å². The van der Waals surface area contributed by atoms with E-state index in [1.165, 1.54) is 0 Å². The molecule has 1 aromatic heterocycles. The average molecular weight is 472 g/mol. The van der Waals surface area contributed by atoms with Crippen molar-refractivity contribution in [1.82, 2.24) is 10.3 Å². The highest BCUT2D eigenvalue weighted by Crippen LogP contribution is 2.39. The number of nitrogens with zero attached hydrogens (tertiary/aromatic N) is 2. The Kier molecular flexibility index (Phi) is 7.47. The van der Waals surface area contributed by atoms with E-state index in [0.29, 0.717) is 31.6 Å². The summed E-state index contributed by atoms with van der Waals surface area (Å²) in [5.74, 6) is -3.24. The van der Waals surface area contributed by atoms with Gasteiger partial charge in [-0.05, 0) is 65.5 Å². The van der Waals surface area contributed by atoms with Crippen LogP contribution in [0.4, 0.5) is 14.6 Å². The lowest BCUT2D eigenvalue weighted by molar-refractivity contribution is -0.126. The van der Waals surface area contributed by atoms with Gasteiger partial charge in [0.1, 0.15) is 10.7 Å². The molecule has 2 unspecified atom stereocenters. The predicted octanol–water partition coefficient (Wildman–Crippen LogP) is 4.26. The second-order valence-electron chi connectivity index (χ2n) is 9.41. The number of carbonyl (C=O) groups excluding carboxylic acids is 1. The number of rotatable bonds is 7. The number of alkyl halides is 2. The van der Waals surface area contributed by atoms with Crippen LogP contribution in [0.25, 0.3) is 0 Å². The molecular formula is C23H35F2N3O3S. The van der Waals surface area contributed by atoms with Crippen LogP contribution in [-0.2, 0) is 14.6 Å². The van der Waals surface area contributed by atoms with Gasteiger partial charge in [0.15, 0.2) is 9.84 Å². The molecule has 1 N–H and O–H groups in total. The predicted molar refractivity (Wildman–Crippen MR) is 121 cm³/mol. The Morgan fingerprint density at radius 1 is 1.22 bits per heavy atom. The molecule has 2 atom stereocenters. The molecule has 3 rings (SSSR count). The Morgan fingerprint density at radius 3 is 2.47 bits per heavy atom. The fourth-order valence-electron chi connectivity index (χ4n) is 4.97. The zero-order valence-corrected chi connectivity index (χ0v) is 20.2. The third-order valence-electron chi connectivity index (χ3n) is 6.77. The number of anilines is 1. The highest BCUT2D eigenvalue weighted by molar-refractivity contribution is 7.92. The Balaban J connectivity index is 1.84. The summed E-state index contributed by atoms with van der Waals surface area (Å²) in [5.41, 5.74) is 0.730. The molecule has 180 valence electrons. The number of sulfone groups is 1. The fraction of sp³-hybridized carbons (Fsp3) is 0.739. The lowest BCUT2D eigenvalue weighted by Crippen LogP contribution is -2.45. The van der Waals surface area contributed by atoms with Crippen LogP contribution in [0.5, 0.6) is 0 Å². The monoisotopic (exact) mass is 471 g/mol. The van der Waals surface area contributed by atoms with Gasteiger partial charge in [0.2, 0.25) is 11.8 Å². The molecule has 6 nitrogen and oxygen atoms in total. The van der Waals surface area contributed by atoms with Crippen molar-refractivity contribution in [2.45, 2.75) is 101 Å². The summed E-state index contributed by atoms with van der Waals surface area (Å²) in [5, 5.41) is 2.03. The number of amides is 1. The fourth-order valence-corrected chi connectivity index (χ4v) is 7.14. The molecule has 9 heteroatoms. The summed E-state index contributed by atoms with van der Waals surface area (Å²) in [6.45, 7) is 8.37. The van der Waals surface area contributed by atoms with Gasteiger partial charge in [0, 0.05) is 37.2 Å². The van der Waals surface area contributed by atoms with Crippen molar-refractivity contribution in [1.29, 1.82) is 0 Å². The highest BCUT2D eigenvalue weighted by atomic mass is 32.2. The maximum atomic E-state index is 13.8. The van der Waals surface area contributed by atoms with Gasteiger partial charge in [-0.2, -0.15) is 0 Å². The summed E-state index contributed by atoms with van der Waals surface area (Å²) in [6, 6.07) is 3.04. The van der Waals surface area contributed by atoms with Crippen molar-refractivity contribution < 1.29 is 22.0 Å². The van der Waals surface area contributed by atoms with Crippen molar-refractivity contribution in [3.05, 3.63) is 17.8 Å². The minimum absolute atomic E-state index is 0.0651. The van der Waals surface area contributed by atoms with Crippen LogP contribution in [0.2, 0.25) is 0 Å². The smallest absolute Gasteiger partial charge is 0.248 e. The maximum Gasteiger partial charge on any atom is 0.248 e. The van der Waals surface area contributed by atoms with Gasteiger partial charge in [-0.25, -0.2) is 22.2 Å². The lowest BCUT2D eigenvalue weighted by Gasteiger charge is -2.31. The number of nitrogens with one attached hydrogen (secondary N) is 1. The van der Waals surface area contributed by atoms with Crippen LogP contribution >= 0.6 is 0 Å². The number of pyridine rings is 1. The average Bonchev–Trinajstić information content (AvgIpc) is 3.21. The van der Waals surface area contributed by atoms with Gasteiger partial charge < -0.3 is 10.2 Å². The Bertz CT molecular complexity index is 926. The van der Waals surface area contributed by atoms with Gasteiger partial charge in [-0.3, -0.25) is 4.79 Å². The first-order valence-electron chi connectivity index (χ1n) is 11.6. The summed E-state index contributed by atoms with van der Waals surface area (Å²) in [4.78, 5) is 19.7. The molecule has 0 aliphatic heterocycles. The van der Waals surface area contributed by atoms with Crippen molar-refractivity contribution in [3.63, 3.8) is 0 Å². The topological polar surface area (TPSA) is 79.4 Å². The molecule has 1 amide bonds. The molecule has 0 saturated heterocycles. The second kappa shape index (κ2) is 9.61. The zero-order chi connectivity index (χ0) is 23.7. The summed E-state index contributed by atoms with van der Waals surface area (Å²) >= 11 is 0. The number of aromatic nitrogens is 1. The first-order chi connectivity index (χ1) is 15.0. The minimum Gasteiger partial charge on any atom is -0.353 e. The number of aryl methyl sites for hydroxylation is 1. The molecule has 1 heterocycles. The van der Waals surface area contributed by atoms with E-state index < -0.39 is 26.9 Å². The largest absolute Gasteiger partial charge is 0.353 e. The van der Waals surface area contributed by atoms with Crippen LogP contribution < -0.4 is 10.2 Å². The molecule has 0 bridgehead atoms. The minimum atomic E-state index is -3.81. The van der Waals surface area contributed by atoms with Crippen molar-refractivity contribution >= 4 is 21.6 Å². The first kappa shape index (κ1) is 24.9. The van der Waals surface area contributed by atoms with Crippen LogP contribution in [0.15, 0.2) is 17.0 Å². The summed E-state index contributed by atoms with van der Waals surface area (Å²) < 4.78 is 54.4. The molecule has 1 aromatic rings. The van der Waals surface area contributed by atoms with E-state index in [1.807, 2.05) is 32.6 Å². The molecule has 2 aliphatic carbocycles. The van der Waals surface area contributed by atoms with Crippen molar-refractivity contribution in [2.24, 2.45) is 5.92 Å². The lowest BCUT2D eigenvalue weighted by atomic mass is 9.91. The van der Waals surface area contributed by atoms with E-state index >= 15 is 0 Å². The van der Waals surface area contributed by atoms with Gasteiger partial charge in [0.25, 0.3) is 0 Å².